The molecule has 2 aromatic heterocycles. The zero-order chi connectivity index (χ0) is 20.4. The van der Waals surface area contributed by atoms with Crippen molar-refractivity contribution >= 4 is 33.0 Å². The molecule has 2 aromatic carbocycles. The van der Waals surface area contributed by atoms with Gasteiger partial charge in [-0.1, -0.05) is 30.3 Å². The molecule has 0 aliphatic heterocycles. The van der Waals surface area contributed by atoms with Crippen molar-refractivity contribution in [1.29, 1.82) is 0 Å². The molecule has 4 aromatic rings. The van der Waals surface area contributed by atoms with Crippen LogP contribution in [0.5, 0.6) is 0 Å². The Labute approximate surface area is 171 Å². The topological polar surface area (TPSA) is 107 Å². The third-order valence-corrected chi connectivity index (χ3v) is 5.94. The SMILES string of the molecule is NS(=O)(=O)c1cccc(NC(=O)c2cn(-c3ccccc3)nc2-c2cccs2)c1. The predicted molar refractivity (Wildman–Crippen MR) is 113 cm³/mol. The van der Waals surface area contributed by atoms with E-state index in [1.54, 1.807) is 16.9 Å². The molecule has 0 unspecified atom stereocenters. The van der Waals surface area contributed by atoms with Gasteiger partial charge >= 0.3 is 0 Å². The predicted octanol–water partition coefficient (Wildman–Crippen LogP) is 3.50. The van der Waals surface area contributed by atoms with Crippen molar-refractivity contribution in [3.63, 3.8) is 0 Å². The van der Waals surface area contributed by atoms with Crippen LogP contribution < -0.4 is 10.5 Å². The average Bonchev–Trinajstić information content (AvgIpc) is 3.38. The number of carbonyl (C=O) groups excluding carboxylic acids is 1. The molecule has 9 heteroatoms. The lowest BCUT2D eigenvalue weighted by atomic mass is 10.2. The first-order chi connectivity index (χ1) is 13.9. The van der Waals surface area contributed by atoms with E-state index in [1.807, 2.05) is 47.8 Å². The van der Waals surface area contributed by atoms with Crippen LogP contribution in [0, 0.1) is 0 Å². The Balaban J connectivity index is 1.72. The second-order valence-corrected chi connectivity index (χ2v) is 8.68. The highest BCUT2D eigenvalue weighted by molar-refractivity contribution is 7.89. The highest BCUT2D eigenvalue weighted by atomic mass is 32.2. The summed E-state index contributed by atoms with van der Waals surface area (Å²) < 4.78 is 24.8. The van der Waals surface area contributed by atoms with Gasteiger partial charge in [0.05, 0.1) is 21.0 Å². The number of hydrogen-bond acceptors (Lipinski definition) is 5. The van der Waals surface area contributed by atoms with Gasteiger partial charge in [0.15, 0.2) is 0 Å². The molecule has 7 nitrogen and oxygen atoms in total. The van der Waals surface area contributed by atoms with Gasteiger partial charge in [0.25, 0.3) is 5.91 Å². The zero-order valence-electron chi connectivity index (χ0n) is 15.0. The minimum Gasteiger partial charge on any atom is -0.322 e. The first-order valence-electron chi connectivity index (χ1n) is 8.55. The van der Waals surface area contributed by atoms with Crippen LogP contribution in [-0.2, 0) is 10.0 Å². The molecule has 4 rings (SSSR count). The summed E-state index contributed by atoms with van der Waals surface area (Å²) in [5.74, 6) is -0.401. The molecule has 0 aliphatic carbocycles. The maximum absolute atomic E-state index is 13.0. The van der Waals surface area contributed by atoms with Gasteiger partial charge in [0, 0.05) is 11.9 Å². The van der Waals surface area contributed by atoms with Crippen molar-refractivity contribution in [2.24, 2.45) is 5.14 Å². The van der Waals surface area contributed by atoms with E-state index in [2.05, 4.69) is 10.4 Å². The number of thiophene rings is 1. The Morgan fingerprint density at radius 1 is 1.03 bits per heavy atom. The molecule has 0 radical (unpaired) electrons. The summed E-state index contributed by atoms with van der Waals surface area (Å²) in [4.78, 5) is 13.8. The van der Waals surface area contributed by atoms with Crippen LogP contribution in [0.25, 0.3) is 16.3 Å². The molecule has 0 fully saturated rings. The summed E-state index contributed by atoms with van der Waals surface area (Å²) in [6.45, 7) is 0. The third kappa shape index (κ3) is 4.11. The second-order valence-electron chi connectivity index (χ2n) is 6.18. The summed E-state index contributed by atoms with van der Waals surface area (Å²) in [6.07, 6.45) is 1.66. The van der Waals surface area contributed by atoms with Crippen molar-refractivity contribution in [2.45, 2.75) is 4.90 Å². The number of amides is 1. The normalized spacial score (nSPS) is 11.3. The number of primary sulfonamides is 1. The van der Waals surface area contributed by atoms with Crippen LogP contribution in [0.4, 0.5) is 5.69 Å². The van der Waals surface area contributed by atoms with E-state index in [9.17, 15) is 13.2 Å². The fourth-order valence-corrected chi connectivity index (χ4v) is 4.08. The summed E-state index contributed by atoms with van der Waals surface area (Å²) in [5.41, 5.74) is 2.06. The number of aromatic nitrogens is 2. The lowest BCUT2D eigenvalue weighted by Crippen LogP contribution is -2.15. The maximum Gasteiger partial charge on any atom is 0.259 e. The molecule has 0 spiro atoms. The molecule has 0 atom stereocenters. The van der Waals surface area contributed by atoms with Crippen LogP contribution in [0.2, 0.25) is 0 Å². The minimum absolute atomic E-state index is 0.0752. The Kier molecular flexibility index (Phi) is 5.01. The van der Waals surface area contributed by atoms with Crippen molar-refractivity contribution in [2.75, 3.05) is 5.32 Å². The number of nitrogens with two attached hydrogens (primary N) is 1. The second kappa shape index (κ2) is 7.63. The van der Waals surface area contributed by atoms with Crippen LogP contribution in [0.1, 0.15) is 10.4 Å². The Morgan fingerprint density at radius 2 is 1.83 bits per heavy atom. The number of rotatable bonds is 5. The standard InChI is InChI=1S/C20H16N4O3S2/c21-29(26,27)16-9-4-6-14(12-16)22-20(25)17-13-24(15-7-2-1-3-8-15)23-19(17)18-10-5-11-28-18/h1-13H,(H,22,25)(H2,21,26,27). The summed E-state index contributed by atoms with van der Waals surface area (Å²) in [5, 5.41) is 14.4. The van der Waals surface area contributed by atoms with E-state index in [0.717, 1.165) is 10.6 Å². The van der Waals surface area contributed by atoms with Crippen molar-refractivity contribution < 1.29 is 13.2 Å². The molecular weight excluding hydrogens is 408 g/mol. The van der Waals surface area contributed by atoms with Crippen LogP contribution in [-0.4, -0.2) is 24.1 Å². The molecule has 0 bridgehead atoms. The highest BCUT2D eigenvalue weighted by Crippen LogP contribution is 2.28. The Morgan fingerprint density at radius 3 is 2.52 bits per heavy atom. The van der Waals surface area contributed by atoms with E-state index in [0.29, 0.717) is 16.9 Å². The Bertz CT molecular complexity index is 1260. The first-order valence-corrected chi connectivity index (χ1v) is 11.0. The van der Waals surface area contributed by atoms with Gasteiger partial charge in [-0.25, -0.2) is 18.2 Å². The Hall–Kier alpha value is -3.27. The molecule has 146 valence electrons. The van der Waals surface area contributed by atoms with Crippen LogP contribution >= 0.6 is 11.3 Å². The van der Waals surface area contributed by atoms with Crippen molar-refractivity contribution in [3.8, 4) is 16.3 Å². The van der Waals surface area contributed by atoms with E-state index < -0.39 is 15.9 Å². The molecule has 0 saturated heterocycles. The van der Waals surface area contributed by atoms with Gasteiger partial charge in [0.1, 0.15) is 5.69 Å². The zero-order valence-corrected chi connectivity index (χ0v) is 16.7. The number of benzene rings is 2. The minimum atomic E-state index is -3.87. The number of nitrogens with one attached hydrogen (secondary N) is 1. The summed E-state index contributed by atoms with van der Waals surface area (Å²) in [6, 6.07) is 19.0. The smallest absolute Gasteiger partial charge is 0.259 e. The first kappa shape index (κ1) is 19.1. The van der Waals surface area contributed by atoms with Crippen molar-refractivity contribution in [1.82, 2.24) is 9.78 Å². The number of anilines is 1. The molecule has 3 N–H and O–H groups in total. The van der Waals surface area contributed by atoms with E-state index in [4.69, 9.17) is 5.14 Å². The number of sulfonamides is 1. The fraction of sp³-hybridized carbons (Fsp3) is 0. The van der Waals surface area contributed by atoms with E-state index in [1.165, 1.54) is 29.5 Å². The van der Waals surface area contributed by atoms with Gasteiger partial charge < -0.3 is 5.32 Å². The van der Waals surface area contributed by atoms with Crippen LogP contribution in [0.15, 0.2) is 83.2 Å². The summed E-state index contributed by atoms with van der Waals surface area (Å²) in [7, 11) is -3.87. The number of hydrogen-bond donors (Lipinski definition) is 2. The van der Waals surface area contributed by atoms with Gasteiger partial charge in [-0.2, -0.15) is 5.10 Å². The molecule has 2 heterocycles. The van der Waals surface area contributed by atoms with Crippen molar-refractivity contribution in [3.05, 3.63) is 83.9 Å². The quantitative estimate of drug-likeness (QED) is 0.511. The lowest BCUT2D eigenvalue weighted by Gasteiger charge is -2.06. The van der Waals surface area contributed by atoms with Crippen LogP contribution in [0.3, 0.4) is 0 Å². The fourth-order valence-electron chi connectivity index (χ4n) is 2.80. The lowest BCUT2D eigenvalue weighted by molar-refractivity contribution is 0.102. The van der Waals surface area contributed by atoms with Gasteiger partial charge in [-0.05, 0) is 41.8 Å². The van der Waals surface area contributed by atoms with Gasteiger partial charge in [-0.15, -0.1) is 11.3 Å². The third-order valence-electron chi connectivity index (χ3n) is 4.15. The summed E-state index contributed by atoms with van der Waals surface area (Å²) >= 11 is 1.48. The monoisotopic (exact) mass is 424 g/mol. The molecular formula is C20H16N4O3S2. The largest absolute Gasteiger partial charge is 0.322 e. The average molecular weight is 425 g/mol. The van der Waals surface area contributed by atoms with E-state index in [-0.39, 0.29) is 4.90 Å². The van der Waals surface area contributed by atoms with Gasteiger partial charge in [0.2, 0.25) is 10.0 Å². The number of para-hydroxylation sites is 1. The maximum atomic E-state index is 13.0. The highest BCUT2D eigenvalue weighted by Gasteiger charge is 2.20. The molecule has 0 aliphatic rings. The molecule has 29 heavy (non-hydrogen) atoms. The van der Waals surface area contributed by atoms with E-state index >= 15 is 0 Å². The molecule has 1 amide bonds. The number of nitrogens with zero attached hydrogens (tertiary/aromatic N) is 2. The molecule has 0 saturated carbocycles. The van der Waals surface area contributed by atoms with Gasteiger partial charge in [-0.3, -0.25) is 4.79 Å². The number of carbonyl (C=O) groups is 1.